The second-order valence-electron chi connectivity index (χ2n) is 4.90. The third kappa shape index (κ3) is 2.78. The third-order valence-corrected chi connectivity index (χ3v) is 3.67. The molecule has 0 spiro atoms. The molecule has 0 atom stereocenters. The summed E-state index contributed by atoms with van der Waals surface area (Å²) in [7, 11) is 0. The minimum atomic E-state index is 0.587. The first kappa shape index (κ1) is 13.0. The van der Waals surface area contributed by atoms with Crippen LogP contribution in [0, 0.1) is 0 Å². The largest absolute Gasteiger partial charge is 0.488 e. The lowest BCUT2D eigenvalue weighted by atomic mass is 9.97. The summed E-state index contributed by atoms with van der Waals surface area (Å²) in [5.74, 6) is 0.940. The second kappa shape index (κ2) is 5.56. The highest BCUT2D eigenvalue weighted by molar-refractivity contribution is 6.30. The number of fused-ring (bicyclic) bond motifs is 1. The van der Waals surface area contributed by atoms with E-state index in [9.17, 15) is 0 Å². The molecule has 0 saturated heterocycles. The summed E-state index contributed by atoms with van der Waals surface area (Å²) >= 11 is 5.90. The topological polar surface area (TPSA) is 9.23 Å². The quantitative estimate of drug-likeness (QED) is 0.777. The number of hydrogen-bond acceptors (Lipinski definition) is 1. The monoisotopic (exact) mass is 282 g/mol. The van der Waals surface area contributed by atoms with Crippen molar-refractivity contribution >= 4 is 17.7 Å². The molecule has 2 aromatic rings. The van der Waals surface area contributed by atoms with Gasteiger partial charge < -0.3 is 4.74 Å². The highest BCUT2D eigenvalue weighted by atomic mass is 35.5. The summed E-state index contributed by atoms with van der Waals surface area (Å²) in [6, 6.07) is 15.9. The molecular formula is C18H15ClO. The van der Waals surface area contributed by atoms with E-state index in [0.717, 1.165) is 33.9 Å². The van der Waals surface area contributed by atoms with Gasteiger partial charge in [0.1, 0.15) is 12.4 Å². The molecule has 0 bridgehead atoms. The minimum absolute atomic E-state index is 0.587. The van der Waals surface area contributed by atoms with Gasteiger partial charge in [-0.15, -0.1) is 0 Å². The maximum atomic E-state index is 5.90. The Balaban J connectivity index is 1.78. The molecule has 0 aliphatic carbocycles. The van der Waals surface area contributed by atoms with E-state index in [1.807, 2.05) is 42.5 Å². The van der Waals surface area contributed by atoms with Crippen LogP contribution in [-0.4, -0.2) is 6.61 Å². The van der Waals surface area contributed by atoms with Crippen molar-refractivity contribution in [1.29, 1.82) is 0 Å². The van der Waals surface area contributed by atoms with Crippen molar-refractivity contribution in [2.75, 3.05) is 6.61 Å². The molecular weight excluding hydrogens is 268 g/mol. The molecule has 20 heavy (non-hydrogen) atoms. The Morgan fingerprint density at radius 2 is 1.85 bits per heavy atom. The average Bonchev–Trinajstić information content (AvgIpc) is 2.49. The summed E-state index contributed by atoms with van der Waals surface area (Å²) in [6.45, 7) is 4.77. The summed E-state index contributed by atoms with van der Waals surface area (Å²) in [4.78, 5) is 0. The van der Waals surface area contributed by atoms with Crippen LogP contribution < -0.4 is 4.74 Å². The number of rotatable bonds is 3. The minimum Gasteiger partial charge on any atom is -0.488 e. The van der Waals surface area contributed by atoms with E-state index in [2.05, 4.69) is 18.7 Å². The van der Waals surface area contributed by atoms with E-state index in [0.29, 0.717) is 6.61 Å². The van der Waals surface area contributed by atoms with E-state index in [1.54, 1.807) is 0 Å². The first-order chi connectivity index (χ1) is 9.72. The molecule has 0 fully saturated rings. The van der Waals surface area contributed by atoms with Crippen molar-refractivity contribution < 1.29 is 4.74 Å². The number of benzene rings is 2. The Bertz CT molecular complexity index is 668. The zero-order chi connectivity index (χ0) is 13.9. The lowest BCUT2D eigenvalue weighted by Crippen LogP contribution is -2.09. The maximum Gasteiger partial charge on any atom is 0.127 e. The predicted octanol–water partition coefficient (Wildman–Crippen LogP) is 4.91. The van der Waals surface area contributed by atoms with Crippen molar-refractivity contribution in [2.24, 2.45) is 0 Å². The molecule has 0 radical (unpaired) electrons. The summed E-state index contributed by atoms with van der Waals surface area (Å²) in [5, 5.41) is 0.758. The lowest BCUT2D eigenvalue weighted by molar-refractivity contribution is 0.349. The molecule has 1 aliphatic heterocycles. The Kier molecular flexibility index (Phi) is 3.62. The first-order valence-electron chi connectivity index (χ1n) is 6.57. The second-order valence-corrected chi connectivity index (χ2v) is 5.34. The molecule has 0 unspecified atom stereocenters. The van der Waals surface area contributed by atoms with Gasteiger partial charge in [0.05, 0.1) is 0 Å². The van der Waals surface area contributed by atoms with Gasteiger partial charge in [-0.3, -0.25) is 0 Å². The number of para-hydroxylation sites is 1. The van der Waals surface area contributed by atoms with Crippen LogP contribution >= 0.6 is 11.6 Å². The van der Waals surface area contributed by atoms with Crippen LogP contribution in [0.4, 0.5) is 0 Å². The summed E-state index contributed by atoms with van der Waals surface area (Å²) in [5.41, 5.74) is 4.56. The van der Waals surface area contributed by atoms with Gasteiger partial charge in [-0.25, -0.2) is 0 Å². The Morgan fingerprint density at radius 1 is 1.10 bits per heavy atom. The van der Waals surface area contributed by atoms with Crippen molar-refractivity contribution in [1.82, 2.24) is 0 Å². The van der Waals surface area contributed by atoms with Crippen LogP contribution in [0.15, 0.2) is 66.3 Å². The number of halogens is 1. The first-order valence-corrected chi connectivity index (χ1v) is 6.95. The molecule has 2 aromatic carbocycles. The van der Waals surface area contributed by atoms with Gasteiger partial charge in [0.2, 0.25) is 0 Å². The van der Waals surface area contributed by atoms with Gasteiger partial charge in [0.25, 0.3) is 0 Å². The Hall–Kier alpha value is -1.99. The molecule has 1 heterocycles. The number of ether oxygens (including phenoxy) is 1. The van der Waals surface area contributed by atoms with Gasteiger partial charge in [0.15, 0.2) is 0 Å². The van der Waals surface area contributed by atoms with Gasteiger partial charge in [-0.05, 0) is 47.4 Å². The van der Waals surface area contributed by atoms with Crippen molar-refractivity contribution in [3.05, 3.63) is 82.4 Å². The zero-order valence-electron chi connectivity index (χ0n) is 11.1. The van der Waals surface area contributed by atoms with Crippen molar-refractivity contribution in [3.8, 4) is 5.75 Å². The molecule has 0 aromatic heterocycles. The van der Waals surface area contributed by atoms with E-state index in [1.165, 1.54) is 5.56 Å². The molecule has 100 valence electrons. The SMILES string of the molecule is C=C(Cc1ccc(Cl)cc1)C1=Cc2ccccc2OC1. The van der Waals surface area contributed by atoms with Crippen LogP contribution in [0.25, 0.3) is 6.08 Å². The Morgan fingerprint density at radius 3 is 2.65 bits per heavy atom. The van der Waals surface area contributed by atoms with Gasteiger partial charge >= 0.3 is 0 Å². The van der Waals surface area contributed by atoms with Gasteiger partial charge in [-0.2, -0.15) is 0 Å². The van der Waals surface area contributed by atoms with Crippen LogP contribution in [0.1, 0.15) is 11.1 Å². The zero-order valence-corrected chi connectivity index (χ0v) is 11.9. The molecule has 3 rings (SSSR count). The smallest absolute Gasteiger partial charge is 0.127 e. The number of hydrogen-bond donors (Lipinski definition) is 0. The van der Waals surface area contributed by atoms with Crippen molar-refractivity contribution in [3.63, 3.8) is 0 Å². The van der Waals surface area contributed by atoms with Gasteiger partial charge in [0, 0.05) is 10.6 Å². The van der Waals surface area contributed by atoms with Crippen LogP contribution in [0.5, 0.6) is 5.75 Å². The third-order valence-electron chi connectivity index (χ3n) is 3.42. The highest BCUT2D eigenvalue weighted by Crippen LogP contribution is 2.29. The van der Waals surface area contributed by atoms with Crippen LogP contribution in [0.2, 0.25) is 5.02 Å². The van der Waals surface area contributed by atoms with E-state index < -0.39 is 0 Å². The molecule has 1 nitrogen and oxygen atoms in total. The molecule has 0 saturated carbocycles. The molecule has 0 N–H and O–H groups in total. The molecule has 0 amide bonds. The normalized spacial score (nSPS) is 13.2. The van der Waals surface area contributed by atoms with Crippen molar-refractivity contribution in [2.45, 2.75) is 6.42 Å². The van der Waals surface area contributed by atoms with Gasteiger partial charge in [-0.1, -0.05) is 48.5 Å². The fourth-order valence-electron chi connectivity index (χ4n) is 2.28. The fraction of sp³-hybridized carbons (Fsp3) is 0.111. The molecule has 2 heteroatoms. The highest BCUT2D eigenvalue weighted by Gasteiger charge is 2.13. The van der Waals surface area contributed by atoms with E-state index in [4.69, 9.17) is 16.3 Å². The predicted molar refractivity (Wildman–Crippen MR) is 84.2 cm³/mol. The van der Waals surface area contributed by atoms with Crippen LogP contribution in [-0.2, 0) is 6.42 Å². The average molecular weight is 283 g/mol. The van der Waals surface area contributed by atoms with Crippen LogP contribution in [0.3, 0.4) is 0 Å². The summed E-state index contributed by atoms with van der Waals surface area (Å²) in [6.07, 6.45) is 2.98. The standard InChI is InChI=1S/C18H15ClO/c1-13(10-14-6-8-17(19)9-7-14)16-11-15-4-2-3-5-18(15)20-12-16/h2-9,11H,1,10,12H2. The fourth-order valence-corrected chi connectivity index (χ4v) is 2.41. The maximum absolute atomic E-state index is 5.90. The Labute approximate surface area is 124 Å². The summed E-state index contributed by atoms with van der Waals surface area (Å²) < 4.78 is 5.76. The molecule has 1 aliphatic rings. The van der Waals surface area contributed by atoms with E-state index in [-0.39, 0.29) is 0 Å². The lowest BCUT2D eigenvalue weighted by Gasteiger charge is -2.19. The van der Waals surface area contributed by atoms with E-state index >= 15 is 0 Å².